The second-order valence-electron chi connectivity index (χ2n) is 7.83. The Balaban J connectivity index is 1.46. The topological polar surface area (TPSA) is 84.2 Å². The summed E-state index contributed by atoms with van der Waals surface area (Å²) in [5.74, 6) is 1.51. The Hall–Kier alpha value is -4.52. The molecular formula is C29H26O7. The average molecular weight is 487 g/mol. The highest BCUT2D eigenvalue weighted by atomic mass is 16.5. The second-order valence-corrected chi connectivity index (χ2v) is 7.83. The zero-order valence-electron chi connectivity index (χ0n) is 20.3. The van der Waals surface area contributed by atoms with Crippen LogP contribution < -0.4 is 24.4 Å². The lowest BCUT2D eigenvalue weighted by atomic mass is 10.2. The molecule has 0 aliphatic heterocycles. The highest BCUT2D eigenvalue weighted by Gasteiger charge is 2.12. The number of carbonyl (C=O) groups excluding carboxylic acids is 1. The van der Waals surface area contributed by atoms with E-state index in [1.165, 1.54) is 30.5 Å². The van der Waals surface area contributed by atoms with E-state index in [0.717, 1.165) is 11.1 Å². The Morgan fingerprint density at radius 2 is 1.58 bits per heavy atom. The standard InChI is InChI=1S/C29H26O7/c1-4-32-24-14-8-20(16-26(24)33-5-2)9-15-28(30)36-22-12-13-23-25(17-22)34-18-27(29(23)31)35-21-10-6-19(3)7-11-21/h6-18H,4-5H2,1-3H3. The summed E-state index contributed by atoms with van der Waals surface area (Å²) < 4.78 is 27.8. The largest absolute Gasteiger partial charge is 0.490 e. The van der Waals surface area contributed by atoms with Crippen LogP contribution in [-0.2, 0) is 4.79 Å². The van der Waals surface area contributed by atoms with Crippen LogP contribution in [0.4, 0.5) is 0 Å². The van der Waals surface area contributed by atoms with Crippen LogP contribution in [0.2, 0.25) is 0 Å². The number of benzene rings is 3. The van der Waals surface area contributed by atoms with Crippen LogP contribution in [0.3, 0.4) is 0 Å². The minimum absolute atomic E-state index is 0.0702. The van der Waals surface area contributed by atoms with Crippen LogP contribution in [0.15, 0.2) is 82.2 Å². The Labute approximate surface area is 208 Å². The predicted molar refractivity (Wildman–Crippen MR) is 137 cm³/mol. The van der Waals surface area contributed by atoms with E-state index in [2.05, 4.69) is 0 Å². The molecule has 7 nitrogen and oxygen atoms in total. The third-order valence-corrected chi connectivity index (χ3v) is 5.16. The van der Waals surface area contributed by atoms with E-state index in [9.17, 15) is 9.59 Å². The van der Waals surface area contributed by atoms with Gasteiger partial charge >= 0.3 is 5.97 Å². The smallest absolute Gasteiger partial charge is 0.336 e. The van der Waals surface area contributed by atoms with Gasteiger partial charge in [0.15, 0.2) is 11.5 Å². The summed E-state index contributed by atoms with van der Waals surface area (Å²) in [5.41, 5.74) is 1.79. The Kier molecular flexibility index (Phi) is 7.70. The number of fused-ring (bicyclic) bond motifs is 1. The van der Waals surface area contributed by atoms with Crippen molar-refractivity contribution in [3.8, 4) is 28.7 Å². The van der Waals surface area contributed by atoms with Crippen LogP contribution in [0.5, 0.6) is 28.7 Å². The zero-order chi connectivity index (χ0) is 25.5. The van der Waals surface area contributed by atoms with Gasteiger partial charge in [-0.3, -0.25) is 4.79 Å². The minimum atomic E-state index is -0.581. The number of rotatable bonds is 9. The molecule has 0 amide bonds. The van der Waals surface area contributed by atoms with Crippen LogP contribution >= 0.6 is 0 Å². The van der Waals surface area contributed by atoms with E-state index in [4.69, 9.17) is 23.4 Å². The lowest BCUT2D eigenvalue weighted by Gasteiger charge is -2.11. The van der Waals surface area contributed by atoms with Crippen molar-refractivity contribution in [2.45, 2.75) is 20.8 Å². The zero-order valence-corrected chi connectivity index (χ0v) is 20.3. The van der Waals surface area contributed by atoms with Crippen molar-refractivity contribution >= 4 is 23.0 Å². The highest BCUT2D eigenvalue weighted by molar-refractivity contribution is 5.89. The van der Waals surface area contributed by atoms with Gasteiger partial charge < -0.3 is 23.4 Å². The van der Waals surface area contributed by atoms with Gasteiger partial charge in [-0.15, -0.1) is 0 Å². The molecule has 36 heavy (non-hydrogen) atoms. The summed E-state index contributed by atoms with van der Waals surface area (Å²) in [4.78, 5) is 25.2. The molecule has 0 atom stereocenters. The monoisotopic (exact) mass is 486 g/mol. The summed E-state index contributed by atoms with van der Waals surface area (Å²) >= 11 is 0. The van der Waals surface area contributed by atoms with E-state index < -0.39 is 5.97 Å². The Bertz CT molecular complexity index is 1450. The van der Waals surface area contributed by atoms with Crippen molar-refractivity contribution < 1.29 is 28.2 Å². The van der Waals surface area contributed by atoms with Crippen molar-refractivity contribution in [2.24, 2.45) is 0 Å². The maximum Gasteiger partial charge on any atom is 0.336 e. The maximum atomic E-state index is 12.8. The van der Waals surface area contributed by atoms with Crippen molar-refractivity contribution in [2.75, 3.05) is 13.2 Å². The van der Waals surface area contributed by atoms with Gasteiger partial charge in [-0.2, -0.15) is 0 Å². The fourth-order valence-electron chi connectivity index (χ4n) is 3.44. The molecule has 1 heterocycles. The molecule has 0 fully saturated rings. The van der Waals surface area contributed by atoms with Gasteiger partial charge in [0, 0.05) is 12.1 Å². The van der Waals surface area contributed by atoms with Crippen molar-refractivity contribution in [1.29, 1.82) is 0 Å². The third kappa shape index (κ3) is 5.93. The predicted octanol–water partition coefficient (Wildman–Crippen LogP) is 6.31. The first-order valence-electron chi connectivity index (χ1n) is 11.6. The van der Waals surface area contributed by atoms with Crippen molar-refractivity contribution in [3.63, 3.8) is 0 Å². The molecule has 0 saturated heterocycles. The highest BCUT2D eigenvalue weighted by Crippen LogP contribution is 2.29. The molecule has 0 spiro atoms. The van der Waals surface area contributed by atoms with Gasteiger partial charge in [-0.1, -0.05) is 23.8 Å². The molecule has 1 aromatic heterocycles. The van der Waals surface area contributed by atoms with Gasteiger partial charge in [0.25, 0.3) is 0 Å². The molecule has 4 aromatic rings. The molecule has 7 heteroatoms. The summed E-state index contributed by atoms with van der Waals surface area (Å²) in [6.07, 6.45) is 4.18. The molecule has 0 bridgehead atoms. The number of ether oxygens (including phenoxy) is 4. The van der Waals surface area contributed by atoms with Gasteiger partial charge in [0.2, 0.25) is 11.2 Å². The molecule has 0 N–H and O–H groups in total. The van der Waals surface area contributed by atoms with E-state index in [1.807, 2.05) is 39.0 Å². The fraction of sp³-hybridized carbons (Fsp3) is 0.172. The number of hydrogen-bond acceptors (Lipinski definition) is 7. The Morgan fingerprint density at radius 3 is 2.33 bits per heavy atom. The van der Waals surface area contributed by atoms with Crippen LogP contribution in [0.1, 0.15) is 25.0 Å². The lowest BCUT2D eigenvalue weighted by molar-refractivity contribution is -0.128. The van der Waals surface area contributed by atoms with Gasteiger partial charge in [0.1, 0.15) is 23.3 Å². The lowest BCUT2D eigenvalue weighted by Crippen LogP contribution is -2.06. The normalized spacial score (nSPS) is 11.0. The SMILES string of the molecule is CCOc1ccc(C=CC(=O)Oc2ccc3c(=O)c(Oc4ccc(C)cc4)coc3c2)cc1OCC. The fourth-order valence-corrected chi connectivity index (χ4v) is 3.44. The molecule has 3 aromatic carbocycles. The Morgan fingerprint density at radius 1 is 0.861 bits per heavy atom. The van der Waals surface area contributed by atoms with Crippen molar-refractivity contribution in [1.82, 2.24) is 0 Å². The molecule has 0 aliphatic rings. The minimum Gasteiger partial charge on any atom is -0.490 e. The first kappa shape index (κ1) is 24.6. The third-order valence-electron chi connectivity index (χ3n) is 5.16. The summed E-state index contributed by atoms with van der Waals surface area (Å²) in [5, 5.41) is 0.313. The van der Waals surface area contributed by atoms with E-state index >= 15 is 0 Å². The number of hydrogen-bond donors (Lipinski definition) is 0. The number of carbonyl (C=O) groups is 1. The average Bonchev–Trinajstić information content (AvgIpc) is 2.87. The van der Waals surface area contributed by atoms with Crippen LogP contribution in [0.25, 0.3) is 17.0 Å². The molecular weight excluding hydrogens is 460 g/mol. The van der Waals surface area contributed by atoms with Gasteiger partial charge in [-0.25, -0.2) is 4.79 Å². The maximum absolute atomic E-state index is 12.8. The van der Waals surface area contributed by atoms with Gasteiger partial charge in [-0.05, 0) is 68.8 Å². The van der Waals surface area contributed by atoms with E-state index in [-0.39, 0.29) is 22.5 Å². The van der Waals surface area contributed by atoms with Crippen LogP contribution in [0, 0.1) is 6.92 Å². The second kappa shape index (κ2) is 11.3. The molecule has 4 rings (SSSR count). The van der Waals surface area contributed by atoms with Gasteiger partial charge in [0.05, 0.1) is 18.6 Å². The molecule has 0 radical (unpaired) electrons. The van der Waals surface area contributed by atoms with E-state index in [0.29, 0.717) is 35.8 Å². The number of esters is 1. The molecule has 0 unspecified atom stereocenters. The summed E-state index contributed by atoms with van der Waals surface area (Å²) in [7, 11) is 0. The number of aryl methyl sites for hydroxylation is 1. The van der Waals surface area contributed by atoms with Crippen molar-refractivity contribution in [3.05, 3.63) is 94.4 Å². The van der Waals surface area contributed by atoms with Crippen LogP contribution in [-0.4, -0.2) is 19.2 Å². The first-order valence-corrected chi connectivity index (χ1v) is 11.6. The summed E-state index contributed by atoms with van der Waals surface area (Å²) in [6.45, 7) is 6.77. The van der Waals surface area contributed by atoms with E-state index in [1.54, 1.807) is 30.3 Å². The first-order chi connectivity index (χ1) is 17.5. The molecule has 184 valence electrons. The molecule has 0 saturated carbocycles. The summed E-state index contributed by atoms with van der Waals surface area (Å²) in [6, 6.07) is 17.3. The molecule has 0 aliphatic carbocycles. The quantitative estimate of drug-likeness (QED) is 0.156.